The molecule has 0 aromatic heterocycles. The van der Waals surface area contributed by atoms with Crippen LogP contribution in [-0.4, -0.2) is 46.0 Å². The van der Waals surface area contributed by atoms with Gasteiger partial charge < -0.3 is 31.0 Å². The Labute approximate surface area is 160 Å². The number of hydrogen-bond acceptors (Lipinski definition) is 7. The van der Waals surface area contributed by atoms with Crippen LogP contribution in [0.4, 0.5) is 0 Å². The average molecular weight is 383 g/mol. The second-order valence-electron chi connectivity index (χ2n) is 6.24. The Hall–Kier alpha value is -3.37. The third-order valence-corrected chi connectivity index (χ3v) is 4.44. The number of rotatable bonds is 5. The fourth-order valence-electron chi connectivity index (χ4n) is 2.99. The molecule has 1 aliphatic rings. The van der Waals surface area contributed by atoms with Crippen molar-refractivity contribution in [3.63, 3.8) is 0 Å². The molecule has 2 aromatic carbocycles. The molecule has 0 unspecified atom stereocenters. The molecule has 9 nitrogen and oxygen atoms in total. The number of carbonyl (C=O) groups excluding carboxylic acids is 1. The molecule has 0 spiro atoms. The van der Waals surface area contributed by atoms with Gasteiger partial charge in [0.15, 0.2) is 5.71 Å². The van der Waals surface area contributed by atoms with Gasteiger partial charge in [-0.1, -0.05) is 41.6 Å². The zero-order chi connectivity index (χ0) is 20.3. The molecule has 1 heterocycles. The summed E-state index contributed by atoms with van der Waals surface area (Å²) in [5, 5.41) is 34.3. The maximum Gasteiger partial charge on any atom is 0.547 e. The van der Waals surface area contributed by atoms with E-state index >= 15 is 0 Å². The van der Waals surface area contributed by atoms with Crippen molar-refractivity contribution in [3.8, 4) is 5.75 Å². The molecule has 1 aliphatic heterocycles. The summed E-state index contributed by atoms with van der Waals surface area (Å²) in [7, 11) is -1.46. The lowest BCUT2D eigenvalue weighted by Gasteiger charge is -2.28. The van der Waals surface area contributed by atoms with E-state index in [0.29, 0.717) is 17.7 Å². The van der Waals surface area contributed by atoms with E-state index in [1.165, 1.54) is 6.07 Å². The first kappa shape index (κ1) is 19.4. The molecule has 0 bridgehead atoms. The van der Waals surface area contributed by atoms with E-state index in [1.54, 1.807) is 36.4 Å². The van der Waals surface area contributed by atoms with E-state index in [9.17, 15) is 24.9 Å². The van der Waals surface area contributed by atoms with Gasteiger partial charge in [0.25, 0.3) is 5.91 Å². The Morgan fingerprint density at radius 1 is 1.25 bits per heavy atom. The normalized spacial score (nSPS) is 16.1. The molecule has 2 aromatic rings. The number of carbonyl (C=O) groups is 2. The number of carboxylic acid groups (broad SMARTS) is 1. The fourth-order valence-corrected chi connectivity index (χ4v) is 2.99. The Kier molecular flexibility index (Phi) is 5.62. The molecule has 1 atom stereocenters. The van der Waals surface area contributed by atoms with Gasteiger partial charge in [0.1, 0.15) is 5.75 Å². The summed E-state index contributed by atoms with van der Waals surface area (Å²) in [5.41, 5.74) is 6.99. The van der Waals surface area contributed by atoms with Gasteiger partial charge in [-0.05, 0) is 23.6 Å². The summed E-state index contributed by atoms with van der Waals surface area (Å²) in [5.74, 6) is -2.68. The monoisotopic (exact) mass is 383 g/mol. The SMILES string of the molecule is NCc1ccc(/C(=N/O)C(=O)N[C@H]2Cc3cccc(C(=O)O)c3OB2O)cc1. The van der Waals surface area contributed by atoms with Crippen LogP contribution in [0.1, 0.15) is 27.0 Å². The van der Waals surface area contributed by atoms with Crippen molar-refractivity contribution >= 4 is 24.7 Å². The predicted molar refractivity (Wildman–Crippen MR) is 100 cm³/mol. The van der Waals surface area contributed by atoms with E-state index in [-0.39, 0.29) is 23.4 Å². The highest BCUT2D eigenvalue weighted by atomic mass is 16.5. The lowest BCUT2D eigenvalue weighted by atomic mass is 9.72. The van der Waals surface area contributed by atoms with Gasteiger partial charge in [-0.2, -0.15) is 0 Å². The largest absolute Gasteiger partial charge is 0.547 e. The minimum Gasteiger partial charge on any atom is -0.534 e. The van der Waals surface area contributed by atoms with Crippen LogP contribution in [-0.2, 0) is 17.8 Å². The maximum absolute atomic E-state index is 12.5. The maximum atomic E-state index is 12.5. The zero-order valence-electron chi connectivity index (χ0n) is 14.7. The number of hydrogen-bond donors (Lipinski definition) is 5. The number of benzene rings is 2. The molecule has 6 N–H and O–H groups in total. The van der Waals surface area contributed by atoms with Gasteiger partial charge in [0.2, 0.25) is 0 Å². The Morgan fingerprint density at radius 3 is 2.57 bits per heavy atom. The minimum absolute atomic E-state index is 0.0704. The van der Waals surface area contributed by atoms with Crippen LogP contribution in [0.25, 0.3) is 0 Å². The fraction of sp³-hybridized carbons (Fsp3) is 0.167. The molecule has 1 amide bonds. The van der Waals surface area contributed by atoms with Gasteiger partial charge in [-0.3, -0.25) is 4.79 Å². The van der Waals surface area contributed by atoms with Crippen LogP contribution < -0.4 is 15.7 Å². The second kappa shape index (κ2) is 8.11. The number of oxime groups is 1. The highest BCUT2D eigenvalue weighted by Gasteiger charge is 2.38. The van der Waals surface area contributed by atoms with Crippen LogP contribution in [0.5, 0.6) is 5.75 Å². The topological polar surface area (TPSA) is 154 Å². The number of nitrogens with one attached hydrogen (secondary N) is 1. The quantitative estimate of drug-likeness (QED) is 0.213. The highest BCUT2D eigenvalue weighted by Crippen LogP contribution is 2.30. The molecule has 0 saturated heterocycles. The lowest BCUT2D eigenvalue weighted by molar-refractivity contribution is -0.115. The Morgan fingerprint density at radius 2 is 1.96 bits per heavy atom. The molecule has 3 rings (SSSR count). The summed E-state index contributed by atoms with van der Waals surface area (Å²) in [6, 6.07) is 11.2. The molecular weight excluding hydrogens is 365 g/mol. The van der Waals surface area contributed by atoms with Crippen molar-refractivity contribution in [1.29, 1.82) is 0 Å². The zero-order valence-corrected chi connectivity index (χ0v) is 14.7. The van der Waals surface area contributed by atoms with Crippen molar-refractivity contribution in [2.24, 2.45) is 10.9 Å². The van der Waals surface area contributed by atoms with Crippen LogP contribution >= 0.6 is 0 Å². The van der Waals surface area contributed by atoms with E-state index in [2.05, 4.69) is 10.5 Å². The third-order valence-electron chi connectivity index (χ3n) is 4.44. The Balaban J connectivity index is 1.78. The van der Waals surface area contributed by atoms with Gasteiger partial charge in [-0.15, -0.1) is 0 Å². The summed E-state index contributed by atoms with van der Waals surface area (Å²) < 4.78 is 5.33. The Bertz CT molecular complexity index is 931. The molecule has 28 heavy (non-hydrogen) atoms. The molecule has 0 saturated carbocycles. The average Bonchev–Trinajstić information content (AvgIpc) is 2.69. The smallest absolute Gasteiger partial charge is 0.534 e. The first-order valence-electron chi connectivity index (χ1n) is 8.46. The van der Waals surface area contributed by atoms with E-state index in [1.807, 2.05) is 0 Å². The van der Waals surface area contributed by atoms with Crippen molar-refractivity contribution in [1.82, 2.24) is 5.32 Å². The van der Waals surface area contributed by atoms with E-state index in [0.717, 1.165) is 5.56 Å². The predicted octanol–water partition coefficient (Wildman–Crippen LogP) is 0.161. The van der Waals surface area contributed by atoms with Gasteiger partial charge in [0.05, 0.1) is 11.5 Å². The first-order chi connectivity index (χ1) is 13.4. The van der Waals surface area contributed by atoms with Crippen LogP contribution in [0.15, 0.2) is 47.6 Å². The molecule has 0 radical (unpaired) electrons. The number of nitrogens with zero attached hydrogens (tertiary/aromatic N) is 1. The standard InChI is InChI=1S/C18H18BN3O6/c20-9-10-4-6-11(7-5-10)15(22-27)17(23)21-14-8-12-2-1-3-13(18(24)25)16(12)28-19(14)26/h1-7,14,26-27H,8-9,20H2,(H,21,23)(H,24,25)/b22-15-/t14-/m0/s1. The van der Waals surface area contributed by atoms with Gasteiger partial charge in [-0.25, -0.2) is 4.79 Å². The molecule has 0 aliphatic carbocycles. The first-order valence-corrected chi connectivity index (χ1v) is 8.46. The van der Waals surface area contributed by atoms with Crippen molar-refractivity contribution < 1.29 is 29.6 Å². The van der Waals surface area contributed by atoms with Crippen LogP contribution in [0, 0.1) is 0 Å². The van der Waals surface area contributed by atoms with Crippen molar-refractivity contribution in [2.45, 2.75) is 18.9 Å². The van der Waals surface area contributed by atoms with Crippen molar-refractivity contribution in [3.05, 3.63) is 64.7 Å². The summed E-state index contributed by atoms with van der Waals surface area (Å²) >= 11 is 0. The van der Waals surface area contributed by atoms with Crippen LogP contribution in [0.3, 0.4) is 0 Å². The summed E-state index contributed by atoms with van der Waals surface area (Å²) in [6.07, 6.45) is 0.147. The second-order valence-corrected chi connectivity index (χ2v) is 6.24. The van der Waals surface area contributed by atoms with Crippen LogP contribution in [0.2, 0.25) is 0 Å². The van der Waals surface area contributed by atoms with E-state index < -0.39 is 24.9 Å². The number of amides is 1. The number of nitrogens with two attached hydrogens (primary N) is 1. The molecule has 10 heteroatoms. The summed E-state index contributed by atoms with van der Waals surface area (Å²) in [6.45, 7) is 0.335. The number of para-hydroxylation sites is 1. The molecule has 144 valence electrons. The van der Waals surface area contributed by atoms with Gasteiger partial charge in [0, 0.05) is 12.1 Å². The van der Waals surface area contributed by atoms with Gasteiger partial charge >= 0.3 is 13.1 Å². The van der Waals surface area contributed by atoms with Crippen molar-refractivity contribution in [2.75, 3.05) is 0 Å². The van der Waals surface area contributed by atoms with E-state index in [4.69, 9.17) is 10.4 Å². The lowest BCUT2D eigenvalue weighted by Crippen LogP contribution is -2.54. The third kappa shape index (κ3) is 3.82. The number of fused-ring (bicyclic) bond motifs is 1. The minimum atomic E-state index is -1.46. The molecule has 0 fully saturated rings. The molecular formula is C18H18BN3O6. The highest BCUT2D eigenvalue weighted by molar-refractivity contribution is 6.50. The summed E-state index contributed by atoms with van der Waals surface area (Å²) in [4.78, 5) is 23.8. The number of carboxylic acids is 1. The number of aromatic carboxylic acids is 1.